The summed E-state index contributed by atoms with van der Waals surface area (Å²) in [6, 6.07) is 0. The molecule has 0 unspecified atom stereocenters. The van der Waals surface area contributed by atoms with Crippen molar-refractivity contribution < 1.29 is 9.59 Å². The normalized spacial score (nSPS) is 15.6. The summed E-state index contributed by atoms with van der Waals surface area (Å²) in [5.74, 6) is 0.358. The molecule has 0 aromatic carbocycles. The number of rotatable bonds is 40. The first-order chi connectivity index (χ1) is 25.1. The van der Waals surface area contributed by atoms with Crippen LogP contribution < -0.4 is 16.0 Å². The molecule has 2 aliphatic rings. The van der Waals surface area contributed by atoms with Crippen LogP contribution in [-0.2, 0) is 9.59 Å². The number of unbranched alkanes of at least 4 members (excludes halogenated alkanes) is 28. The number of amides is 2. The molecule has 2 rings (SSSR count). The number of hydrogen-bond acceptors (Lipinski definition) is 5. The van der Waals surface area contributed by atoms with Crippen LogP contribution in [0.15, 0.2) is 0 Å². The molecule has 2 aliphatic heterocycles. The van der Waals surface area contributed by atoms with Crippen LogP contribution in [0, 0.1) is 0 Å². The smallest absolute Gasteiger partial charge is 0.220 e. The van der Waals surface area contributed by atoms with Gasteiger partial charge in [-0.2, -0.15) is 0 Å². The van der Waals surface area contributed by atoms with Crippen molar-refractivity contribution >= 4 is 11.8 Å². The Hall–Kier alpha value is -1.18. The van der Waals surface area contributed by atoms with E-state index in [2.05, 4.69) is 39.6 Å². The molecule has 2 amide bonds. The van der Waals surface area contributed by atoms with E-state index in [1.807, 2.05) is 0 Å². The van der Waals surface area contributed by atoms with Crippen molar-refractivity contribution in [2.75, 3.05) is 39.3 Å². The number of nitrogens with one attached hydrogen (secondary N) is 3. The Morgan fingerprint density at radius 1 is 0.392 bits per heavy atom. The fourth-order valence-corrected chi connectivity index (χ4v) is 7.46. The molecular weight excluding hydrogens is 631 g/mol. The third kappa shape index (κ3) is 28.9. The molecule has 0 aromatic heterocycles. The molecule has 0 saturated carbocycles. The van der Waals surface area contributed by atoms with Gasteiger partial charge in [-0.1, -0.05) is 194 Å². The van der Waals surface area contributed by atoms with E-state index in [1.165, 1.54) is 167 Å². The molecule has 3 N–H and O–H groups in total. The lowest BCUT2D eigenvalue weighted by atomic mass is 10.0. The first-order valence-corrected chi connectivity index (χ1v) is 22.9. The van der Waals surface area contributed by atoms with E-state index in [-0.39, 0.29) is 24.1 Å². The summed E-state index contributed by atoms with van der Waals surface area (Å²) >= 11 is 0. The predicted molar refractivity (Wildman–Crippen MR) is 219 cm³/mol. The lowest BCUT2D eigenvalue weighted by molar-refractivity contribution is -0.122. The van der Waals surface area contributed by atoms with Gasteiger partial charge in [0, 0.05) is 52.1 Å². The summed E-state index contributed by atoms with van der Waals surface area (Å²) in [6.45, 7) is 10.1. The molecule has 0 spiro atoms. The quantitative estimate of drug-likeness (QED) is 0.0435. The van der Waals surface area contributed by atoms with Gasteiger partial charge in [0.1, 0.15) is 0 Å². The Labute approximate surface area is 317 Å². The van der Waals surface area contributed by atoms with Gasteiger partial charge in [-0.05, 0) is 12.8 Å². The number of carbonyl (C=O) groups excluding carboxylic acids is 2. The van der Waals surface area contributed by atoms with Gasteiger partial charge in [0.15, 0.2) is 0 Å². The van der Waals surface area contributed by atoms with Crippen LogP contribution in [-0.4, -0.2) is 73.2 Å². The topological polar surface area (TPSA) is 76.3 Å². The summed E-state index contributed by atoms with van der Waals surface area (Å²) in [5, 5.41) is 10.2. The zero-order chi connectivity index (χ0) is 36.5. The molecular formula is C44H87N5O2. The average Bonchev–Trinajstić information content (AvgIpc) is 4.06. The highest BCUT2D eigenvalue weighted by molar-refractivity contribution is 5.76. The summed E-state index contributed by atoms with van der Waals surface area (Å²) in [6.07, 6.45) is 41.8. The highest BCUT2D eigenvalue weighted by Gasteiger charge is 2.34. The fraction of sp³-hybridized carbons (Fsp3) is 0.955. The van der Waals surface area contributed by atoms with E-state index in [0.717, 1.165) is 51.9 Å². The Morgan fingerprint density at radius 3 is 0.863 bits per heavy atom. The minimum atomic E-state index is 0.132. The third-order valence-corrected chi connectivity index (χ3v) is 11.2. The van der Waals surface area contributed by atoms with E-state index in [0.29, 0.717) is 25.9 Å². The molecule has 2 saturated heterocycles. The molecule has 300 valence electrons. The van der Waals surface area contributed by atoms with Gasteiger partial charge in [0.25, 0.3) is 0 Å². The van der Waals surface area contributed by atoms with E-state index >= 15 is 0 Å². The van der Waals surface area contributed by atoms with E-state index < -0.39 is 0 Å². The molecule has 0 radical (unpaired) electrons. The summed E-state index contributed by atoms with van der Waals surface area (Å²) < 4.78 is 0. The first-order valence-electron chi connectivity index (χ1n) is 22.9. The largest absolute Gasteiger partial charge is 0.353 e. The molecule has 2 fully saturated rings. The highest BCUT2D eigenvalue weighted by Crippen LogP contribution is 2.17. The van der Waals surface area contributed by atoms with Crippen molar-refractivity contribution in [3.05, 3.63) is 0 Å². The van der Waals surface area contributed by atoms with Crippen molar-refractivity contribution in [1.29, 1.82) is 0 Å². The van der Waals surface area contributed by atoms with Crippen LogP contribution in [0.5, 0.6) is 0 Å². The SMILES string of the molecule is CCCCCCCCCCCCCCCCCC(=O)NC[C@H](N[C@H](CNC(=O)CCCCCCCCCCCCCCCCC)N1CC1)N1CC1. The second kappa shape index (κ2) is 33.4. The minimum Gasteiger partial charge on any atom is -0.353 e. The Bertz CT molecular complexity index is 738. The Kier molecular flexibility index (Phi) is 30.1. The molecule has 0 aromatic rings. The van der Waals surface area contributed by atoms with Gasteiger partial charge in [-0.25, -0.2) is 0 Å². The second-order valence-electron chi connectivity index (χ2n) is 16.3. The molecule has 0 bridgehead atoms. The van der Waals surface area contributed by atoms with Gasteiger partial charge in [-0.3, -0.25) is 24.7 Å². The lowest BCUT2D eigenvalue weighted by Gasteiger charge is -2.28. The van der Waals surface area contributed by atoms with Gasteiger partial charge in [-0.15, -0.1) is 0 Å². The van der Waals surface area contributed by atoms with Crippen LogP contribution in [0.4, 0.5) is 0 Å². The minimum absolute atomic E-state index is 0.132. The molecule has 7 nitrogen and oxygen atoms in total. The van der Waals surface area contributed by atoms with Crippen LogP contribution in [0.25, 0.3) is 0 Å². The van der Waals surface area contributed by atoms with E-state index in [4.69, 9.17) is 0 Å². The van der Waals surface area contributed by atoms with Gasteiger partial charge in [0.05, 0.1) is 12.3 Å². The third-order valence-electron chi connectivity index (χ3n) is 11.2. The first kappa shape index (κ1) is 46.0. The highest BCUT2D eigenvalue weighted by atomic mass is 16.2. The molecule has 2 atom stereocenters. The maximum absolute atomic E-state index is 12.6. The standard InChI is InChI=1S/C44H87N5O2/c1-3-5-7-9-11-13-15-17-19-21-23-25-27-29-31-33-43(50)45-39-41(48-35-36-48)47-42(49-37-38-49)40-46-44(51)34-32-30-28-26-24-22-20-18-16-14-12-10-8-6-4-2/h41-42,47H,3-40H2,1-2H3,(H,45,50)(H,46,51)/t41-,42+. The summed E-state index contributed by atoms with van der Waals surface area (Å²) in [7, 11) is 0. The summed E-state index contributed by atoms with van der Waals surface area (Å²) in [4.78, 5) is 30.0. The van der Waals surface area contributed by atoms with Crippen molar-refractivity contribution in [3.63, 3.8) is 0 Å². The maximum atomic E-state index is 12.6. The Morgan fingerprint density at radius 2 is 0.627 bits per heavy atom. The number of nitrogens with zero attached hydrogens (tertiary/aromatic N) is 2. The molecule has 7 heteroatoms. The molecule has 0 aliphatic carbocycles. The predicted octanol–water partition coefficient (Wildman–Crippen LogP) is 10.6. The van der Waals surface area contributed by atoms with Crippen molar-refractivity contribution in [1.82, 2.24) is 25.8 Å². The van der Waals surface area contributed by atoms with Gasteiger partial charge >= 0.3 is 0 Å². The van der Waals surface area contributed by atoms with E-state index in [1.54, 1.807) is 0 Å². The van der Waals surface area contributed by atoms with E-state index in [9.17, 15) is 9.59 Å². The average molecular weight is 718 g/mol. The molecule has 2 heterocycles. The Balaban J connectivity index is 1.41. The van der Waals surface area contributed by atoms with Crippen molar-refractivity contribution in [2.45, 2.75) is 232 Å². The molecule has 51 heavy (non-hydrogen) atoms. The zero-order valence-electron chi connectivity index (χ0n) is 34.2. The van der Waals surface area contributed by atoms with Crippen LogP contribution >= 0.6 is 0 Å². The summed E-state index contributed by atoms with van der Waals surface area (Å²) in [5.41, 5.74) is 0. The van der Waals surface area contributed by atoms with Crippen molar-refractivity contribution in [3.8, 4) is 0 Å². The second-order valence-corrected chi connectivity index (χ2v) is 16.3. The fourth-order valence-electron chi connectivity index (χ4n) is 7.46. The maximum Gasteiger partial charge on any atom is 0.220 e. The van der Waals surface area contributed by atoms with Crippen molar-refractivity contribution in [2.24, 2.45) is 0 Å². The van der Waals surface area contributed by atoms with Crippen LogP contribution in [0.1, 0.15) is 219 Å². The number of carbonyl (C=O) groups is 2. The van der Waals surface area contributed by atoms with Gasteiger partial charge < -0.3 is 10.6 Å². The zero-order valence-corrected chi connectivity index (χ0v) is 34.2. The van der Waals surface area contributed by atoms with Gasteiger partial charge in [0.2, 0.25) is 11.8 Å². The monoisotopic (exact) mass is 718 g/mol. The van der Waals surface area contributed by atoms with Crippen LogP contribution in [0.2, 0.25) is 0 Å². The number of hydrogen-bond donors (Lipinski definition) is 3. The lowest BCUT2D eigenvalue weighted by Crippen LogP contribution is -2.55. The van der Waals surface area contributed by atoms with Crippen LogP contribution in [0.3, 0.4) is 0 Å².